The van der Waals surface area contributed by atoms with Gasteiger partial charge in [0.15, 0.2) is 0 Å². The summed E-state index contributed by atoms with van der Waals surface area (Å²) in [6, 6.07) is 0.139. The fourth-order valence-corrected chi connectivity index (χ4v) is 2.10. The number of aliphatic hydroxyl groups is 1. The molecule has 0 aromatic heterocycles. The molecular formula is C12H24N2O2. The van der Waals surface area contributed by atoms with Gasteiger partial charge in [-0.15, -0.1) is 0 Å². The summed E-state index contributed by atoms with van der Waals surface area (Å²) in [5.41, 5.74) is 0. The third-order valence-electron chi connectivity index (χ3n) is 3.20. The Hall–Kier alpha value is -0.610. The Morgan fingerprint density at radius 1 is 1.50 bits per heavy atom. The van der Waals surface area contributed by atoms with Gasteiger partial charge in [0, 0.05) is 19.2 Å². The van der Waals surface area contributed by atoms with Crippen molar-refractivity contribution in [2.24, 2.45) is 5.92 Å². The lowest BCUT2D eigenvalue weighted by atomic mass is 9.99. The van der Waals surface area contributed by atoms with Gasteiger partial charge in [-0.1, -0.05) is 13.8 Å². The van der Waals surface area contributed by atoms with E-state index >= 15 is 0 Å². The van der Waals surface area contributed by atoms with Crippen LogP contribution >= 0.6 is 0 Å². The summed E-state index contributed by atoms with van der Waals surface area (Å²) in [6.07, 6.45) is 3.76. The molecule has 0 aromatic carbocycles. The van der Waals surface area contributed by atoms with Crippen LogP contribution in [0, 0.1) is 5.92 Å². The van der Waals surface area contributed by atoms with Crippen molar-refractivity contribution in [3.05, 3.63) is 0 Å². The van der Waals surface area contributed by atoms with Crippen LogP contribution in [0.4, 0.5) is 0 Å². The Morgan fingerprint density at radius 3 is 2.88 bits per heavy atom. The van der Waals surface area contributed by atoms with E-state index in [-0.39, 0.29) is 24.6 Å². The zero-order valence-corrected chi connectivity index (χ0v) is 10.3. The molecule has 94 valence electrons. The van der Waals surface area contributed by atoms with E-state index < -0.39 is 0 Å². The summed E-state index contributed by atoms with van der Waals surface area (Å²) in [7, 11) is 0. The Balaban J connectivity index is 2.50. The number of aliphatic hydroxyl groups excluding tert-OH is 1. The minimum absolute atomic E-state index is 0.0820. The monoisotopic (exact) mass is 228 g/mol. The highest BCUT2D eigenvalue weighted by atomic mass is 16.3. The molecule has 3 N–H and O–H groups in total. The van der Waals surface area contributed by atoms with Gasteiger partial charge in [-0.2, -0.15) is 0 Å². The average Bonchev–Trinajstić information content (AvgIpc) is 2.43. The van der Waals surface area contributed by atoms with Crippen molar-refractivity contribution in [2.75, 3.05) is 13.2 Å². The number of nitrogens with one attached hydrogen (secondary N) is 2. The van der Waals surface area contributed by atoms with Crippen molar-refractivity contribution >= 4 is 5.91 Å². The number of carbonyl (C=O) groups excluding carboxylic acids is 1. The molecule has 0 aromatic rings. The third kappa shape index (κ3) is 4.10. The van der Waals surface area contributed by atoms with E-state index in [2.05, 4.69) is 24.5 Å². The fourth-order valence-electron chi connectivity index (χ4n) is 2.10. The van der Waals surface area contributed by atoms with Crippen LogP contribution in [0.2, 0.25) is 0 Å². The summed E-state index contributed by atoms with van der Waals surface area (Å²) in [5, 5.41) is 15.3. The minimum atomic E-state index is -0.0820. The SMILES string of the molecule is CC(C)C(CCO)NC1CCCCNC1=O. The van der Waals surface area contributed by atoms with Crippen LogP contribution in [0.15, 0.2) is 0 Å². The maximum absolute atomic E-state index is 11.7. The molecule has 1 fully saturated rings. The van der Waals surface area contributed by atoms with E-state index in [4.69, 9.17) is 5.11 Å². The molecule has 0 radical (unpaired) electrons. The largest absolute Gasteiger partial charge is 0.396 e. The number of amides is 1. The van der Waals surface area contributed by atoms with E-state index in [0.29, 0.717) is 12.3 Å². The highest BCUT2D eigenvalue weighted by molar-refractivity contribution is 5.81. The molecule has 16 heavy (non-hydrogen) atoms. The molecule has 4 heteroatoms. The maximum atomic E-state index is 11.7. The number of carbonyl (C=O) groups is 1. The number of hydrogen-bond donors (Lipinski definition) is 3. The number of hydrogen-bond acceptors (Lipinski definition) is 3. The Labute approximate surface area is 97.8 Å². The molecule has 1 rings (SSSR count). The molecule has 1 aliphatic rings. The van der Waals surface area contributed by atoms with Gasteiger partial charge in [-0.3, -0.25) is 4.79 Å². The van der Waals surface area contributed by atoms with Crippen LogP contribution in [-0.2, 0) is 4.79 Å². The molecule has 1 heterocycles. The number of rotatable bonds is 5. The second-order valence-electron chi connectivity index (χ2n) is 4.87. The first kappa shape index (κ1) is 13.5. The van der Waals surface area contributed by atoms with Crippen molar-refractivity contribution in [1.82, 2.24) is 10.6 Å². The Morgan fingerprint density at radius 2 is 2.25 bits per heavy atom. The normalized spacial score (nSPS) is 24.0. The van der Waals surface area contributed by atoms with Gasteiger partial charge in [-0.05, 0) is 31.6 Å². The molecule has 0 saturated carbocycles. The lowest BCUT2D eigenvalue weighted by molar-refractivity contribution is -0.123. The molecule has 1 aliphatic heterocycles. The van der Waals surface area contributed by atoms with Crippen LogP contribution < -0.4 is 10.6 Å². The molecular weight excluding hydrogens is 204 g/mol. The maximum Gasteiger partial charge on any atom is 0.237 e. The van der Waals surface area contributed by atoms with Gasteiger partial charge in [0.1, 0.15) is 0 Å². The summed E-state index contributed by atoms with van der Waals surface area (Å²) >= 11 is 0. The van der Waals surface area contributed by atoms with E-state index in [1.807, 2.05) is 0 Å². The van der Waals surface area contributed by atoms with E-state index in [1.165, 1.54) is 0 Å². The van der Waals surface area contributed by atoms with Crippen LogP contribution in [0.3, 0.4) is 0 Å². The van der Waals surface area contributed by atoms with Gasteiger partial charge >= 0.3 is 0 Å². The van der Waals surface area contributed by atoms with Crippen molar-refractivity contribution in [1.29, 1.82) is 0 Å². The molecule has 4 nitrogen and oxygen atoms in total. The second-order valence-corrected chi connectivity index (χ2v) is 4.87. The molecule has 0 spiro atoms. The molecule has 0 aliphatic carbocycles. The van der Waals surface area contributed by atoms with Gasteiger partial charge in [0.2, 0.25) is 5.91 Å². The molecule has 1 saturated heterocycles. The Bertz CT molecular complexity index is 219. The zero-order chi connectivity index (χ0) is 12.0. The first-order chi connectivity index (χ1) is 7.65. The molecule has 2 unspecified atom stereocenters. The average molecular weight is 228 g/mol. The smallest absolute Gasteiger partial charge is 0.237 e. The summed E-state index contributed by atoms with van der Waals surface area (Å²) < 4.78 is 0. The summed E-state index contributed by atoms with van der Waals surface area (Å²) in [4.78, 5) is 11.7. The van der Waals surface area contributed by atoms with E-state index in [0.717, 1.165) is 25.8 Å². The topological polar surface area (TPSA) is 61.4 Å². The van der Waals surface area contributed by atoms with E-state index in [1.54, 1.807) is 0 Å². The fraction of sp³-hybridized carbons (Fsp3) is 0.917. The molecule has 0 bridgehead atoms. The van der Waals surface area contributed by atoms with Crippen LogP contribution in [0.1, 0.15) is 39.5 Å². The van der Waals surface area contributed by atoms with Gasteiger partial charge in [0.25, 0.3) is 0 Å². The third-order valence-corrected chi connectivity index (χ3v) is 3.20. The predicted octanol–water partition coefficient (Wildman–Crippen LogP) is 0.652. The van der Waals surface area contributed by atoms with Gasteiger partial charge in [0.05, 0.1) is 6.04 Å². The zero-order valence-electron chi connectivity index (χ0n) is 10.3. The van der Waals surface area contributed by atoms with Gasteiger partial charge in [-0.25, -0.2) is 0 Å². The van der Waals surface area contributed by atoms with Crippen molar-refractivity contribution in [3.63, 3.8) is 0 Å². The quantitative estimate of drug-likeness (QED) is 0.647. The first-order valence-corrected chi connectivity index (χ1v) is 6.29. The van der Waals surface area contributed by atoms with Crippen LogP contribution in [-0.4, -0.2) is 36.2 Å². The standard InChI is InChI=1S/C12H24N2O2/c1-9(2)10(6-8-15)14-11-5-3-4-7-13-12(11)16/h9-11,14-15H,3-8H2,1-2H3,(H,13,16). The van der Waals surface area contributed by atoms with Crippen LogP contribution in [0.25, 0.3) is 0 Å². The second kappa shape index (κ2) is 6.86. The van der Waals surface area contributed by atoms with Crippen molar-refractivity contribution in [2.45, 2.75) is 51.6 Å². The first-order valence-electron chi connectivity index (χ1n) is 6.29. The lowest BCUT2D eigenvalue weighted by Gasteiger charge is -2.26. The van der Waals surface area contributed by atoms with Gasteiger partial charge < -0.3 is 15.7 Å². The summed E-state index contributed by atoms with van der Waals surface area (Å²) in [5.74, 6) is 0.546. The molecule has 1 amide bonds. The lowest BCUT2D eigenvalue weighted by Crippen LogP contribution is -2.49. The van der Waals surface area contributed by atoms with E-state index in [9.17, 15) is 4.79 Å². The summed E-state index contributed by atoms with van der Waals surface area (Å²) in [6.45, 7) is 5.19. The highest BCUT2D eigenvalue weighted by Gasteiger charge is 2.24. The van der Waals surface area contributed by atoms with Crippen LogP contribution in [0.5, 0.6) is 0 Å². The minimum Gasteiger partial charge on any atom is -0.396 e. The molecule has 2 atom stereocenters. The van der Waals surface area contributed by atoms with Crippen molar-refractivity contribution in [3.8, 4) is 0 Å². The Kier molecular flexibility index (Phi) is 5.77. The predicted molar refractivity (Wildman–Crippen MR) is 64.1 cm³/mol. The highest BCUT2D eigenvalue weighted by Crippen LogP contribution is 2.11. The van der Waals surface area contributed by atoms with Crippen molar-refractivity contribution < 1.29 is 9.90 Å².